The molecule has 0 aliphatic carbocycles. The lowest BCUT2D eigenvalue weighted by Gasteiger charge is -2.41. The summed E-state index contributed by atoms with van der Waals surface area (Å²) >= 11 is 0. The summed E-state index contributed by atoms with van der Waals surface area (Å²) in [5.41, 5.74) is 1.05. The van der Waals surface area contributed by atoms with E-state index in [-0.39, 0.29) is 11.7 Å². The Balaban J connectivity index is 1.74. The summed E-state index contributed by atoms with van der Waals surface area (Å²) in [5, 5.41) is 8.84. The molecule has 0 aromatic heterocycles. The van der Waals surface area contributed by atoms with Crippen molar-refractivity contribution in [2.75, 3.05) is 13.1 Å². The number of alkyl halides is 2. The van der Waals surface area contributed by atoms with Crippen molar-refractivity contribution in [2.45, 2.75) is 32.4 Å². The van der Waals surface area contributed by atoms with E-state index in [1.165, 1.54) is 12.1 Å². The van der Waals surface area contributed by atoms with Gasteiger partial charge in [-0.1, -0.05) is 12.1 Å². The standard InChI is InChI=1S/C15H19F2NO3/c1-10(18-8-12(9-18)14(19)20)2-3-11-4-6-13(7-5-11)21-15(16)17/h4-7,10,12,15H,2-3,8-9H2,1H3,(H,19,20). The van der Waals surface area contributed by atoms with Crippen molar-refractivity contribution in [1.29, 1.82) is 0 Å². The van der Waals surface area contributed by atoms with Gasteiger partial charge in [-0.25, -0.2) is 0 Å². The summed E-state index contributed by atoms with van der Waals surface area (Å²) < 4.78 is 28.4. The lowest BCUT2D eigenvalue weighted by Crippen LogP contribution is -2.54. The van der Waals surface area contributed by atoms with Gasteiger partial charge in [0.25, 0.3) is 0 Å². The highest BCUT2D eigenvalue weighted by Crippen LogP contribution is 2.22. The minimum absolute atomic E-state index is 0.161. The molecule has 21 heavy (non-hydrogen) atoms. The van der Waals surface area contributed by atoms with Crippen LogP contribution in [0.5, 0.6) is 5.75 Å². The third kappa shape index (κ3) is 4.39. The van der Waals surface area contributed by atoms with Gasteiger partial charge in [0, 0.05) is 19.1 Å². The molecule has 1 aliphatic heterocycles. The molecular weight excluding hydrogens is 280 g/mol. The summed E-state index contributed by atoms with van der Waals surface area (Å²) in [5.74, 6) is -0.805. The Morgan fingerprint density at radius 1 is 1.38 bits per heavy atom. The van der Waals surface area contributed by atoms with E-state index >= 15 is 0 Å². The number of aryl methyl sites for hydroxylation is 1. The Hall–Kier alpha value is -1.69. The SMILES string of the molecule is CC(CCc1ccc(OC(F)F)cc1)N1CC(C(=O)O)C1. The third-order valence-electron chi connectivity index (χ3n) is 3.88. The zero-order chi connectivity index (χ0) is 15.4. The Bertz CT molecular complexity index is 472. The summed E-state index contributed by atoms with van der Waals surface area (Å²) in [7, 11) is 0. The monoisotopic (exact) mass is 299 g/mol. The highest BCUT2D eigenvalue weighted by Gasteiger charge is 2.34. The van der Waals surface area contributed by atoms with E-state index < -0.39 is 12.6 Å². The van der Waals surface area contributed by atoms with E-state index in [1.54, 1.807) is 12.1 Å². The molecule has 1 heterocycles. The number of hydrogen-bond acceptors (Lipinski definition) is 3. The highest BCUT2D eigenvalue weighted by molar-refractivity contribution is 5.71. The molecule has 1 aromatic rings. The van der Waals surface area contributed by atoms with Crippen LogP contribution in [-0.2, 0) is 11.2 Å². The van der Waals surface area contributed by atoms with Gasteiger partial charge in [-0.05, 0) is 37.5 Å². The average Bonchev–Trinajstić information content (AvgIpc) is 2.35. The van der Waals surface area contributed by atoms with E-state index in [2.05, 4.69) is 16.6 Å². The molecule has 1 fully saturated rings. The van der Waals surface area contributed by atoms with Gasteiger partial charge >= 0.3 is 12.6 Å². The molecule has 0 saturated carbocycles. The first-order valence-electron chi connectivity index (χ1n) is 6.96. The fourth-order valence-corrected chi connectivity index (χ4v) is 2.42. The van der Waals surface area contributed by atoms with Crippen molar-refractivity contribution in [3.8, 4) is 5.75 Å². The van der Waals surface area contributed by atoms with Crippen molar-refractivity contribution in [2.24, 2.45) is 5.92 Å². The van der Waals surface area contributed by atoms with Crippen LogP contribution in [0.3, 0.4) is 0 Å². The number of likely N-dealkylation sites (tertiary alicyclic amines) is 1. The molecule has 1 saturated heterocycles. The van der Waals surface area contributed by atoms with Crippen LogP contribution in [0.1, 0.15) is 18.9 Å². The molecule has 0 radical (unpaired) electrons. The van der Waals surface area contributed by atoms with Crippen molar-refractivity contribution in [1.82, 2.24) is 4.90 Å². The minimum Gasteiger partial charge on any atom is -0.481 e. The molecule has 1 aliphatic rings. The minimum atomic E-state index is -2.80. The second-order valence-electron chi connectivity index (χ2n) is 5.40. The molecule has 1 unspecified atom stereocenters. The number of hydrogen-bond donors (Lipinski definition) is 1. The maximum atomic E-state index is 12.0. The Kier molecular flexibility index (Phi) is 5.12. The van der Waals surface area contributed by atoms with Crippen LogP contribution in [-0.4, -0.2) is 41.7 Å². The normalized spacial score (nSPS) is 17.5. The predicted molar refractivity (Wildman–Crippen MR) is 73.6 cm³/mol. The first-order valence-corrected chi connectivity index (χ1v) is 6.96. The largest absolute Gasteiger partial charge is 0.481 e. The van der Waals surface area contributed by atoms with E-state index in [1.807, 2.05) is 0 Å². The van der Waals surface area contributed by atoms with Crippen LogP contribution in [0.2, 0.25) is 0 Å². The number of carboxylic acids is 1. The number of ether oxygens (including phenoxy) is 1. The quantitative estimate of drug-likeness (QED) is 0.841. The van der Waals surface area contributed by atoms with E-state index in [4.69, 9.17) is 5.11 Å². The second-order valence-corrected chi connectivity index (χ2v) is 5.40. The van der Waals surface area contributed by atoms with Crippen molar-refractivity contribution < 1.29 is 23.4 Å². The average molecular weight is 299 g/mol. The molecule has 1 aromatic carbocycles. The van der Waals surface area contributed by atoms with Gasteiger partial charge in [0.05, 0.1) is 5.92 Å². The van der Waals surface area contributed by atoms with Gasteiger partial charge in [0.1, 0.15) is 5.75 Å². The number of nitrogens with zero attached hydrogens (tertiary/aromatic N) is 1. The smallest absolute Gasteiger partial charge is 0.387 e. The van der Waals surface area contributed by atoms with Gasteiger partial charge in [0.15, 0.2) is 0 Å². The lowest BCUT2D eigenvalue weighted by atomic mass is 9.96. The number of halogens is 2. The summed E-state index contributed by atoms with van der Waals surface area (Å²) in [6.07, 6.45) is 1.73. The predicted octanol–water partition coefficient (Wildman–Crippen LogP) is 2.63. The van der Waals surface area contributed by atoms with Gasteiger partial charge < -0.3 is 9.84 Å². The molecule has 0 amide bonds. The van der Waals surface area contributed by atoms with Crippen LogP contribution in [0.25, 0.3) is 0 Å². The zero-order valence-electron chi connectivity index (χ0n) is 11.8. The molecule has 4 nitrogen and oxygen atoms in total. The molecule has 2 rings (SSSR count). The Morgan fingerprint density at radius 2 is 2.00 bits per heavy atom. The fraction of sp³-hybridized carbons (Fsp3) is 0.533. The molecule has 1 N–H and O–H groups in total. The van der Waals surface area contributed by atoms with Crippen LogP contribution in [0, 0.1) is 5.92 Å². The number of carbonyl (C=O) groups is 1. The van der Waals surface area contributed by atoms with E-state index in [9.17, 15) is 13.6 Å². The summed E-state index contributed by atoms with van der Waals surface area (Å²) in [4.78, 5) is 12.9. The summed E-state index contributed by atoms with van der Waals surface area (Å²) in [6, 6.07) is 6.95. The molecule has 0 spiro atoms. The van der Waals surface area contributed by atoms with E-state index in [0.29, 0.717) is 19.1 Å². The fourth-order valence-electron chi connectivity index (χ4n) is 2.42. The Labute approximate surface area is 122 Å². The molecule has 1 atom stereocenters. The number of carboxylic acid groups (broad SMARTS) is 1. The van der Waals surface area contributed by atoms with Crippen molar-refractivity contribution in [3.63, 3.8) is 0 Å². The van der Waals surface area contributed by atoms with Crippen molar-refractivity contribution in [3.05, 3.63) is 29.8 Å². The van der Waals surface area contributed by atoms with E-state index in [0.717, 1.165) is 18.4 Å². The first-order chi connectivity index (χ1) is 9.95. The van der Waals surface area contributed by atoms with Crippen LogP contribution in [0.15, 0.2) is 24.3 Å². The third-order valence-corrected chi connectivity index (χ3v) is 3.88. The van der Waals surface area contributed by atoms with Crippen LogP contribution >= 0.6 is 0 Å². The van der Waals surface area contributed by atoms with Crippen molar-refractivity contribution >= 4 is 5.97 Å². The van der Waals surface area contributed by atoms with Crippen LogP contribution < -0.4 is 4.74 Å². The molecular formula is C15H19F2NO3. The maximum absolute atomic E-state index is 12.0. The highest BCUT2D eigenvalue weighted by atomic mass is 19.3. The zero-order valence-corrected chi connectivity index (χ0v) is 11.8. The topological polar surface area (TPSA) is 49.8 Å². The summed E-state index contributed by atoms with van der Waals surface area (Å²) in [6.45, 7) is 0.492. The molecule has 0 bridgehead atoms. The van der Waals surface area contributed by atoms with Gasteiger partial charge in [0.2, 0.25) is 0 Å². The number of benzene rings is 1. The lowest BCUT2D eigenvalue weighted by molar-refractivity contribution is -0.148. The second kappa shape index (κ2) is 6.85. The molecule has 116 valence electrons. The Morgan fingerprint density at radius 3 is 2.52 bits per heavy atom. The van der Waals surface area contributed by atoms with Gasteiger partial charge in [-0.2, -0.15) is 8.78 Å². The maximum Gasteiger partial charge on any atom is 0.387 e. The van der Waals surface area contributed by atoms with Crippen LogP contribution in [0.4, 0.5) is 8.78 Å². The number of aliphatic carboxylic acids is 1. The molecule has 6 heteroatoms. The first kappa shape index (κ1) is 15.7. The van der Waals surface area contributed by atoms with Gasteiger partial charge in [-0.3, -0.25) is 9.69 Å². The van der Waals surface area contributed by atoms with Gasteiger partial charge in [-0.15, -0.1) is 0 Å². The number of rotatable bonds is 7.